The van der Waals surface area contributed by atoms with E-state index >= 15 is 0 Å². The van der Waals surface area contributed by atoms with Crippen LogP contribution in [0.3, 0.4) is 0 Å². The first-order valence-corrected chi connectivity index (χ1v) is 8.25. The van der Waals surface area contributed by atoms with E-state index in [2.05, 4.69) is 12.2 Å². The molecule has 0 atom stereocenters. The summed E-state index contributed by atoms with van der Waals surface area (Å²) < 4.78 is 0. The smallest absolute Gasteiger partial charge is 0.267 e. The Hall–Kier alpha value is -2.92. The van der Waals surface area contributed by atoms with Crippen LogP contribution in [0.15, 0.2) is 54.6 Å². The summed E-state index contributed by atoms with van der Waals surface area (Å²) in [5.41, 5.74) is 4.52. The Morgan fingerprint density at radius 2 is 1.80 bits per heavy atom. The summed E-state index contributed by atoms with van der Waals surface area (Å²) in [5, 5.41) is 11.4. The van der Waals surface area contributed by atoms with Crippen LogP contribution in [0.4, 0.5) is 5.69 Å². The lowest BCUT2D eigenvalue weighted by molar-refractivity contribution is -0.124. The maximum atomic E-state index is 12.5. The van der Waals surface area contributed by atoms with Crippen LogP contribution in [0, 0.1) is 0 Å². The molecule has 2 rings (SSSR count). The fourth-order valence-corrected chi connectivity index (χ4v) is 2.39. The normalized spacial score (nSPS) is 10.6. The number of unbranched alkanes of at least 4 members (excludes halogenated alkanes) is 1. The highest BCUT2D eigenvalue weighted by atomic mass is 16.5. The molecule has 0 aliphatic carbocycles. The first-order valence-electron chi connectivity index (χ1n) is 8.25. The van der Waals surface area contributed by atoms with Gasteiger partial charge in [0.1, 0.15) is 0 Å². The Labute approximate surface area is 147 Å². The summed E-state index contributed by atoms with van der Waals surface area (Å²) in [4.78, 5) is 23.6. The first-order chi connectivity index (χ1) is 12.1. The topological polar surface area (TPSA) is 78.4 Å². The van der Waals surface area contributed by atoms with Crippen molar-refractivity contribution in [3.63, 3.8) is 0 Å². The molecule has 0 heterocycles. The Morgan fingerprint density at radius 1 is 1.08 bits per heavy atom. The zero-order chi connectivity index (χ0) is 18.1. The van der Waals surface area contributed by atoms with Crippen LogP contribution in [0.2, 0.25) is 0 Å². The van der Waals surface area contributed by atoms with Gasteiger partial charge in [-0.1, -0.05) is 43.7 Å². The van der Waals surface area contributed by atoms with Crippen molar-refractivity contribution < 1.29 is 14.8 Å². The average molecular weight is 338 g/mol. The number of rotatable bonds is 7. The highest BCUT2D eigenvalue weighted by Gasteiger charge is 2.10. The lowest BCUT2D eigenvalue weighted by Crippen LogP contribution is -2.15. The third kappa shape index (κ3) is 5.58. The van der Waals surface area contributed by atoms with E-state index in [0.29, 0.717) is 11.1 Å². The number of aryl methyl sites for hydroxylation is 1. The van der Waals surface area contributed by atoms with Crippen LogP contribution >= 0.6 is 0 Å². The number of carbonyl (C=O) groups is 2. The van der Waals surface area contributed by atoms with Crippen LogP contribution in [-0.2, 0) is 11.2 Å². The van der Waals surface area contributed by atoms with Crippen molar-refractivity contribution in [3.05, 3.63) is 71.3 Å². The molecule has 5 nitrogen and oxygen atoms in total. The van der Waals surface area contributed by atoms with E-state index in [1.165, 1.54) is 17.1 Å². The summed E-state index contributed by atoms with van der Waals surface area (Å²) >= 11 is 0. The molecule has 0 saturated heterocycles. The summed E-state index contributed by atoms with van der Waals surface area (Å²) in [6.45, 7) is 2.16. The third-order valence-corrected chi connectivity index (χ3v) is 3.76. The zero-order valence-corrected chi connectivity index (χ0v) is 14.2. The van der Waals surface area contributed by atoms with Gasteiger partial charge in [0.15, 0.2) is 0 Å². The van der Waals surface area contributed by atoms with Crippen LogP contribution in [-0.4, -0.2) is 17.0 Å². The van der Waals surface area contributed by atoms with E-state index in [0.717, 1.165) is 31.0 Å². The Kier molecular flexibility index (Phi) is 6.92. The summed E-state index contributed by atoms with van der Waals surface area (Å²) in [5.74, 6) is -0.913. The van der Waals surface area contributed by atoms with Crippen LogP contribution in [0.5, 0.6) is 0 Å². The number of amides is 2. The maximum Gasteiger partial charge on any atom is 0.267 e. The number of nitrogens with one attached hydrogen (secondary N) is 2. The molecule has 0 saturated carbocycles. The second-order valence-corrected chi connectivity index (χ2v) is 5.65. The number of anilines is 1. The van der Waals surface area contributed by atoms with Gasteiger partial charge in [0.05, 0.1) is 0 Å². The molecular weight excluding hydrogens is 316 g/mol. The molecule has 2 aromatic carbocycles. The molecule has 0 fully saturated rings. The van der Waals surface area contributed by atoms with Gasteiger partial charge in [-0.15, -0.1) is 0 Å². The van der Waals surface area contributed by atoms with Gasteiger partial charge >= 0.3 is 0 Å². The van der Waals surface area contributed by atoms with Crippen molar-refractivity contribution in [2.75, 3.05) is 5.32 Å². The standard InChI is InChI=1S/C20H22N2O3/c1-2-3-6-15-9-12-17(13-10-15)21-20(24)18-8-5-4-7-16(18)11-14-19(23)22-25/h4-5,7-14,25H,2-3,6H2,1H3,(H,21,24)(H,22,23)/b14-11+. The van der Waals surface area contributed by atoms with Crippen molar-refractivity contribution in [2.45, 2.75) is 26.2 Å². The van der Waals surface area contributed by atoms with E-state index in [4.69, 9.17) is 5.21 Å². The number of hydrogen-bond donors (Lipinski definition) is 3. The van der Waals surface area contributed by atoms with Crippen LogP contribution in [0.25, 0.3) is 6.08 Å². The molecule has 0 aromatic heterocycles. The number of benzene rings is 2. The number of hydrogen-bond acceptors (Lipinski definition) is 3. The van der Waals surface area contributed by atoms with E-state index in [1.54, 1.807) is 24.3 Å². The fourth-order valence-electron chi connectivity index (χ4n) is 2.39. The Morgan fingerprint density at radius 3 is 2.48 bits per heavy atom. The fraction of sp³-hybridized carbons (Fsp3) is 0.200. The molecule has 3 N–H and O–H groups in total. The van der Waals surface area contributed by atoms with Gasteiger partial charge in [0, 0.05) is 17.3 Å². The largest absolute Gasteiger partial charge is 0.322 e. The highest BCUT2D eigenvalue weighted by molar-refractivity contribution is 6.07. The molecule has 0 spiro atoms. The van der Waals surface area contributed by atoms with Crippen molar-refractivity contribution in [2.24, 2.45) is 0 Å². The second kappa shape index (κ2) is 9.39. The van der Waals surface area contributed by atoms with Crippen LogP contribution < -0.4 is 10.8 Å². The lowest BCUT2D eigenvalue weighted by atomic mass is 10.1. The molecule has 0 aliphatic rings. The van der Waals surface area contributed by atoms with E-state index in [1.807, 2.05) is 24.3 Å². The molecule has 2 amide bonds. The van der Waals surface area contributed by atoms with E-state index in [9.17, 15) is 9.59 Å². The minimum Gasteiger partial charge on any atom is -0.322 e. The molecule has 0 aliphatic heterocycles. The summed E-state index contributed by atoms with van der Waals surface area (Å²) in [6, 6.07) is 14.7. The predicted octanol–water partition coefficient (Wildman–Crippen LogP) is 3.80. The minimum atomic E-state index is -0.655. The monoisotopic (exact) mass is 338 g/mol. The average Bonchev–Trinajstić information content (AvgIpc) is 2.65. The van der Waals surface area contributed by atoms with Gasteiger partial charge in [0.25, 0.3) is 11.8 Å². The van der Waals surface area contributed by atoms with Crippen molar-refractivity contribution in [1.29, 1.82) is 0 Å². The van der Waals surface area contributed by atoms with Gasteiger partial charge in [0.2, 0.25) is 0 Å². The zero-order valence-electron chi connectivity index (χ0n) is 14.2. The van der Waals surface area contributed by atoms with Gasteiger partial charge < -0.3 is 5.32 Å². The number of hydroxylamine groups is 1. The van der Waals surface area contributed by atoms with Crippen LogP contribution in [0.1, 0.15) is 41.3 Å². The minimum absolute atomic E-state index is 0.258. The Balaban J connectivity index is 2.10. The first kappa shape index (κ1) is 18.4. The van der Waals surface area contributed by atoms with Gasteiger partial charge in [-0.25, -0.2) is 5.48 Å². The third-order valence-electron chi connectivity index (χ3n) is 3.76. The summed E-state index contributed by atoms with van der Waals surface area (Å²) in [7, 11) is 0. The second-order valence-electron chi connectivity index (χ2n) is 5.65. The number of carbonyl (C=O) groups excluding carboxylic acids is 2. The summed E-state index contributed by atoms with van der Waals surface area (Å²) in [6.07, 6.45) is 5.97. The van der Waals surface area contributed by atoms with Gasteiger partial charge in [-0.3, -0.25) is 14.8 Å². The molecule has 130 valence electrons. The molecular formula is C20H22N2O3. The highest BCUT2D eigenvalue weighted by Crippen LogP contribution is 2.16. The Bertz CT molecular complexity index is 752. The van der Waals surface area contributed by atoms with E-state index < -0.39 is 5.91 Å². The molecule has 0 unspecified atom stereocenters. The van der Waals surface area contributed by atoms with Crippen molar-refractivity contribution in [3.8, 4) is 0 Å². The van der Waals surface area contributed by atoms with Crippen molar-refractivity contribution >= 4 is 23.6 Å². The SMILES string of the molecule is CCCCc1ccc(NC(=O)c2ccccc2/C=C/C(=O)NO)cc1. The van der Waals surface area contributed by atoms with Crippen molar-refractivity contribution in [1.82, 2.24) is 5.48 Å². The molecule has 0 radical (unpaired) electrons. The van der Waals surface area contributed by atoms with Gasteiger partial charge in [-0.2, -0.15) is 0 Å². The lowest BCUT2D eigenvalue weighted by Gasteiger charge is -2.09. The molecule has 2 aromatic rings. The van der Waals surface area contributed by atoms with E-state index in [-0.39, 0.29) is 5.91 Å². The molecule has 25 heavy (non-hydrogen) atoms. The van der Waals surface area contributed by atoms with Gasteiger partial charge in [-0.05, 0) is 48.2 Å². The predicted molar refractivity (Wildman–Crippen MR) is 98.4 cm³/mol. The molecule has 5 heteroatoms. The quantitative estimate of drug-likeness (QED) is 0.408. The maximum absolute atomic E-state index is 12.5. The molecule has 0 bridgehead atoms.